The summed E-state index contributed by atoms with van der Waals surface area (Å²) in [5.41, 5.74) is 0. The first kappa shape index (κ1) is 15.6. The van der Waals surface area contributed by atoms with Crippen LogP contribution in [0.5, 0.6) is 0 Å². The van der Waals surface area contributed by atoms with Crippen LogP contribution in [-0.4, -0.2) is 47.3 Å². The summed E-state index contributed by atoms with van der Waals surface area (Å²) in [7, 11) is 0. The van der Waals surface area contributed by atoms with Crippen molar-refractivity contribution in [2.24, 2.45) is 5.92 Å². The second kappa shape index (κ2) is 6.12. The van der Waals surface area contributed by atoms with E-state index < -0.39 is 31.3 Å². The van der Waals surface area contributed by atoms with Crippen LogP contribution in [0.4, 0.5) is 18.0 Å². The maximum Gasteiger partial charge on any atom is 0.406 e. The van der Waals surface area contributed by atoms with E-state index in [1.54, 1.807) is 6.92 Å². The lowest BCUT2D eigenvalue weighted by atomic mass is 9.80. The molecule has 0 aromatic carbocycles. The first-order valence-electron chi connectivity index (χ1n) is 6.03. The van der Waals surface area contributed by atoms with Crippen LogP contribution in [0, 0.1) is 5.92 Å². The van der Waals surface area contributed by atoms with Crippen LogP contribution in [0.3, 0.4) is 0 Å². The zero-order chi connectivity index (χ0) is 14.6. The Bertz CT molecular complexity index is 343. The third-order valence-electron chi connectivity index (χ3n) is 3.19. The van der Waals surface area contributed by atoms with E-state index in [0.29, 0.717) is 0 Å². The highest BCUT2D eigenvalue weighted by Crippen LogP contribution is 2.29. The number of alkyl halides is 3. The standard InChI is InChI=1S/C11H17F3N2O3/c1-7(8-3-2-4-8)15-10(19)16(5-9(17)18)6-11(12,13)14/h7-8H,2-6H2,1H3,(H,15,19)(H,17,18). The van der Waals surface area contributed by atoms with Crippen molar-refractivity contribution in [1.29, 1.82) is 0 Å². The number of halogens is 3. The molecule has 0 radical (unpaired) electrons. The molecular weight excluding hydrogens is 265 g/mol. The van der Waals surface area contributed by atoms with Crippen molar-refractivity contribution < 1.29 is 27.9 Å². The molecule has 1 fully saturated rings. The summed E-state index contributed by atoms with van der Waals surface area (Å²) in [6.45, 7) is -0.820. The van der Waals surface area contributed by atoms with Crippen molar-refractivity contribution in [3.63, 3.8) is 0 Å². The number of hydrogen-bond acceptors (Lipinski definition) is 2. The molecule has 1 saturated carbocycles. The third-order valence-corrected chi connectivity index (χ3v) is 3.19. The fraction of sp³-hybridized carbons (Fsp3) is 0.818. The van der Waals surface area contributed by atoms with Gasteiger partial charge in [0.25, 0.3) is 0 Å². The summed E-state index contributed by atoms with van der Waals surface area (Å²) in [6.07, 6.45) is -1.71. The minimum Gasteiger partial charge on any atom is -0.480 e. The van der Waals surface area contributed by atoms with Crippen molar-refractivity contribution in [3.05, 3.63) is 0 Å². The summed E-state index contributed by atoms with van der Waals surface area (Å²) in [5.74, 6) is -1.21. The molecule has 1 unspecified atom stereocenters. The average molecular weight is 282 g/mol. The molecule has 1 aliphatic rings. The smallest absolute Gasteiger partial charge is 0.406 e. The van der Waals surface area contributed by atoms with Gasteiger partial charge in [-0.15, -0.1) is 0 Å². The predicted molar refractivity (Wildman–Crippen MR) is 60.6 cm³/mol. The Hall–Kier alpha value is -1.47. The molecule has 2 amide bonds. The molecule has 0 heterocycles. The molecule has 1 aliphatic carbocycles. The summed E-state index contributed by atoms with van der Waals surface area (Å²) in [5, 5.41) is 11.0. The van der Waals surface area contributed by atoms with E-state index in [1.165, 1.54) is 0 Å². The van der Waals surface area contributed by atoms with Crippen LogP contribution < -0.4 is 5.32 Å². The van der Waals surface area contributed by atoms with Gasteiger partial charge in [-0.25, -0.2) is 4.79 Å². The summed E-state index contributed by atoms with van der Waals surface area (Å²) >= 11 is 0. The average Bonchev–Trinajstić information content (AvgIpc) is 2.09. The van der Waals surface area contributed by atoms with E-state index in [9.17, 15) is 22.8 Å². The SMILES string of the molecule is CC(NC(=O)N(CC(=O)O)CC(F)(F)F)C1CCC1. The normalized spacial score (nSPS) is 17.5. The van der Waals surface area contributed by atoms with E-state index >= 15 is 0 Å². The number of carbonyl (C=O) groups excluding carboxylic acids is 1. The van der Waals surface area contributed by atoms with Gasteiger partial charge in [-0.3, -0.25) is 4.79 Å². The van der Waals surface area contributed by atoms with E-state index in [4.69, 9.17) is 5.11 Å². The third kappa shape index (κ3) is 5.35. The molecular formula is C11H17F3N2O3. The lowest BCUT2D eigenvalue weighted by molar-refractivity contribution is -0.149. The second-order valence-electron chi connectivity index (χ2n) is 4.79. The number of rotatable bonds is 5. The quantitative estimate of drug-likeness (QED) is 0.808. The fourth-order valence-electron chi connectivity index (χ4n) is 1.92. The first-order chi connectivity index (χ1) is 8.69. The highest BCUT2D eigenvalue weighted by atomic mass is 19.4. The van der Waals surface area contributed by atoms with Crippen molar-refractivity contribution in [2.75, 3.05) is 13.1 Å². The molecule has 5 nitrogen and oxygen atoms in total. The summed E-state index contributed by atoms with van der Waals surface area (Å²) in [6, 6.07) is -1.23. The topological polar surface area (TPSA) is 69.6 Å². The molecule has 0 aromatic rings. The van der Waals surface area contributed by atoms with Gasteiger partial charge in [0.05, 0.1) is 0 Å². The Balaban J connectivity index is 2.56. The van der Waals surface area contributed by atoms with Gasteiger partial charge in [0.15, 0.2) is 0 Å². The summed E-state index contributed by atoms with van der Waals surface area (Å²) < 4.78 is 36.8. The largest absolute Gasteiger partial charge is 0.480 e. The number of amides is 2. The Morgan fingerprint density at radius 2 is 2.00 bits per heavy atom. The lowest BCUT2D eigenvalue weighted by Crippen LogP contribution is -2.51. The van der Waals surface area contributed by atoms with Gasteiger partial charge < -0.3 is 15.3 Å². The van der Waals surface area contributed by atoms with Gasteiger partial charge in [-0.05, 0) is 25.7 Å². The zero-order valence-electron chi connectivity index (χ0n) is 10.5. The molecule has 110 valence electrons. The van der Waals surface area contributed by atoms with Gasteiger partial charge in [-0.1, -0.05) is 6.42 Å². The summed E-state index contributed by atoms with van der Waals surface area (Å²) in [4.78, 5) is 22.4. The lowest BCUT2D eigenvalue weighted by Gasteiger charge is -2.33. The molecule has 0 saturated heterocycles. The molecule has 0 bridgehead atoms. The van der Waals surface area contributed by atoms with E-state index in [2.05, 4.69) is 5.32 Å². The number of carbonyl (C=O) groups is 2. The molecule has 1 rings (SSSR count). The second-order valence-corrected chi connectivity index (χ2v) is 4.79. The minimum absolute atomic E-state index is 0.245. The Morgan fingerprint density at radius 1 is 1.42 bits per heavy atom. The maximum atomic E-state index is 12.3. The van der Waals surface area contributed by atoms with Crippen LogP contribution in [-0.2, 0) is 4.79 Å². The molecule has 2 N–H and O–H groups in total. The predicted octanol–water partition coefficient (Wildman–Crippen LogP) is 1.83. The van der Waals surface area contributed by atoms with E-state index in [-0.39, 0.29) is 16.9 Å². The number of nitrogens with one attached hydrogen (secondary N) is 1. The highest BCUT2D eigenvalue weighted by molar-refractivity contribution is 5.80. The van der Waals surface area contributed by atoms with Crippen molar-refractivity contribution in [1.82, 2.24) is 10.2 Å². The molecule has 8 heteroatoms. The zero-order valence-corrected chi connectivity index (χ0v) is 10.5. The van der Waals surface area contributed by atoms with Gasteiger partial charge in [0, 0.05) is 6.04 Å². The maximum absolute atomic E-state index is 12.3. The first-order valence-corrected chi connectivity index (χ1v) is 6.03. The number of carboxylic acids is 1. The van der Waals surface area contributed by atoms with Gasteiger partial charge >= 0.3 is 18.2 Å². The van der Waals surface area contributed by atoms with Crippen LogP contribution in [0.15, 0.2) is 0 Å². The van der Waals surface area contributed by atoms with Crippen molar-refractivity contribution >= 4 is 12.0 Å². The number of aliphatic carboxylic acids is 1. The van der Waals surface area contributed by atoms with Crippen LogP contribution in [0.2, 0.25) is 0 Å². The number of urea groups is 1. The van der Waals surface area contributed by atoms with Crippen LogP contribution in [0.25, 0.3) is 0 Å². The number of nitrogens with zero attached hydrogens (tertiary/aromatic N) is 1. The van der Waals surface area contributed by atoms with Crippen molar-refractivity contribution in [2.45, 2.75) is 38.4 Å². The van der Waals surface area contributed by atoms with Gasteiger partial charge in [-0.2, -0.15) is 13.2 Å². The highest BCUT2D eigenvalue weighted by Gasteiger charge is 2.35. The molecule has 0 aromatic heterocycles. The molecule has 1 atom stereocenters. The monoisotopic (exact) mass is 282 g/mol. The molecule has 0 aliphatic heterocycles. The molecule has 0 spiro atoms. The van der Waals surface area contributed by atoms with E-state index in [1.807, 2.05) is 0 Å². The van der Waals surface area contributed by atoms with E-state index in [0.717, 1.165) is 19.3 Å². The fourth-order valence-corrected chi connectivity index (χ4v) is 1.92. The Morgan fingerprint density at radius 3 is 2.37 bits per heavy atom. The molecule has 19 heavy (non-hydrogen) atoms. The Labute approximate surface area is 108 Å². The number of hydrogen-bond donors (Lipinski definition) is 2. The Kier molecular flexibility index (Phi) is 5.02. The van der Waals surface area contributed by atoms with Crippen molar-refractivity contribution in [3.8, 4) is 0 Å². The number of carboxylic acid groups (broad SMARTS) is 1. The van der Waals surface area contributed by atoms with Gasteiger partial charge in [0.2, 0.25) is 0 Å². The van der Waals surface area contributed by atoms with Crippen LogP contribution in [0.1, 0.15) is 26.2 Å². The minimum atomic E-state index is -4.62. The van der Waals surface area contributed by atoms with Crippen LogP contribution >= 0.6 is 0 Å². The van der Waals surface area contributed by atoms with Gasteiger partial charge in [0.1, 0.15) is 13.1 Å².